The van der Waals surface area contributed by atoms with Gasteiger partial charge in [-0.15, -0.1) is 0 Å². The van der Waals surface area contributed by atoms with Gasteiger partial charge in [-0.1, -0.05) is 6.07 Å². The molecule has 2 aromatic heterocycles. The summed E-state index contributed by atoms with van der Waals surface area (Å²) in [6.45, 7) is 0. The van der Waals surface area contributed by atoms with Crippen LogP contribution in [0, 0.1) is 5.82 Å². The van der Waals surface area contributed by atoms with Crippen molar-refractivity contribution < 1.29 is 13.9 Å². The summed E-state index contributed by atoms with van der Waals surface area (Å²) >= 11 is 0. The number of methoxy groups -OCH3 is 1. The summed E-state index contributed by atoms with van der Waals surface area (Å²) in [6.07, 6.45) is 4.17. The minimum absolute atomic E-state index is 0.417. The number of nitrogens with zero attached hydrogens (tertiary/aromatic N) is 3. The molecule has 0 aliphatic carbocycles. The molecule has 0 N–H and O–H groups in total. The predicted molar refractivity (Wildman–Crippen MR) is 70.2 cm³/mol. The van der Waals surface area contributed by atoms with Crippen LogP contribution < -0.4 is 0 Å². The van der Waals surface area contributed by atoms with Crippen LogP contribution in [0.2, 0.25) is 0 Å². The van der Waals surface area contributed by atoms with E-state index in [-0.39, 0.29) is 0 Å². The normalized spacial score (nSPS) is 10.7. The molecule has 0 aliphatic heterocycles. The maximum atomic E-state index is 13.2. The maximum absolute atomic E-state index is 13.2. The summed E-state index contributed by atoms with van der Waals surface area (Å²) in [6, 6.07) is 6.49. The van der Waals surface area contributed by atoms with Crippen molar-refractivity contribution >= 4 is 16.9 Å². The van der Waals surface area contributed by atoms with Crippen molar-refractivity contribution in [3.8, 4) is 5.69 Å². The molecule has 3 rings (SSSR count). The van der Waals surface area contributed by atoms with Gasteiger partial charge in [-0.3, -0.25) is 4.98 Å². The third-order valence-corrected chi connectivity index (χ3v) is 2.95. The van der Waals surface area contributed by atoms with Crippen LogP contribution >= 0.6 is 0 Å². The van der Waals surface area contributed by atoms with Crippen molar-refractivity contribution in [3.05, 3.63) is 54.2 Å². The molecular weight excluding hydrogens is 261 g/mol. The highest BCUT2D eigenvalue weighted by molar-refractivity contribution is 6.03. The Hall–Kier alpha value is -2.76. The SMILES string of the molecule is COC(=O)c1cccc2c1cnn2-c1cncc(F)c1. The van der Waals surface area contributed by atoms with E-state index in [1.165, 1.54) is 24.1 Å². The van der Waals surface area contributed by atoms with Gasteiger partial charge in [0.1, 0.15) is 5.82 Å². The molecule has 3 aromatic rings. The third-order valence-electron chi connectivity index (χ3n) is 2.95. The molecule has 0 aliphatic rings. The second-order valence-electron chi connectivity index (χ2n) is 4.15. The molecule has 0 unspecified atom stereocenters. The monoisotopic (exact) mass is 271 g/mol. The van der Waals surface area contributed by atoms with Gasteiger partial charge in [-0.25, -0.2) is 13.9 Å². The summed E-state index contributed by atoms with van der Waals surface area (Å²) in [7, 11) is 1.32. The van der Waals surface area contributed by atoms with Gasteiger partial charge in [-0.2, -0.15) is 5.10 Å². The van der Waals surface area contributed by atoms with E-state index in [0.29, 0.717) is 22.2 Å². The first kappa shape index (κ1) is 12.3. The number of rotatable bonds is 2. The Balaban J connectivity index is 2.22. The predicted octanol–water partition coefficient (Wildman–Crippen LogP) is 2.35. The molecule has 100 valence electrons. The van der Waals surface area contributed by atoms with Crippen molar-refractivity contribution in [2.24, 2.45) is 0 Å². The highest BCUT2D eigenvalue weighted by Crippen LogP contribution is 2.22. The lowest BCUT2D eigenvalue weighted by Crippen LogP contribution is -2.02. The Bertz CT molecular complexity index is 798. The molecule has 20 heavy (non-hydrogen) atoms. The molecule has 5 nitrogen and oxygen atoms in total. The molecular formula is C14H10FN3O2. The maximum Gasteiger partial charge on any atom is 0.338 e. The van der Waals surface area contributed by atoms with Crippen LogP contribution in [0.15, 0.2) is 42.9 Å². The fraction of sp³-hybridized carbons (Fsp3) is 0.0714. The number of pyridine rings is 1. The minimum atomic E-state index is -0.449. The second-order valence-corrected chi connectivity index (χ2v) is 4.15. The average Bonchev–Trinajstić information content (AvgIpc) is 2.90. The zero-order chi connectivity index (χ0) is 14.1. The molecule has 0 atom stereocenters. The molecule has 0 bridgehead atoms. The molecule has 0 amide bonds. The number of halogens is 1. The first-order valence-electron chi connectivity index (χ1n) is 5.86. The van der Waals surface area contributed by atoms with E-state index in [1.54, 1.807) is 24.4 Å². The standard InChI is InChI=1S/C14H10FN3O2/c1-20-14(19)11-3-2-4-13-12(11)8-17-18(13)10-5-9(15)6-16-7-10/h2-8H,1H3. The lowest BCUT2D eigenvalue weighted by molar-refractivity contribution is 0.0603. The van der Waals surface area contributed by atoms with E-state index < -0.39 is 11.8 Å². The van der Waals surface area contributed by atoms with Gasteiger partial charge in [0.05, 0.1) is 42.5 Å². The Morgan fingerprint density at radius 1 is 1.30 bits per heavy atom. The van der Waals surface area contributed by atoms with E-state index in [2.05, 4.69) is 10.1 Å². The molecule has 1 aromatic carbocycles. The summed E-state index contributed by atoms with van der Waals surface area (Å²) in [4.78, 5) is 15.5. The van der Waals surface area contributed by atoms with E-state index in [4.69, 9.17) is 4.74 Å². The molecule has 0 spiro atoms. The van der Waals surface area contributed by atoms with Crippen molar-refractivity contribution in [2.75, 3.05) is 7.11 Å². The fourth-order valence-corrected chi connectivity index (χ4v) is 2.06. The van der Waals surface area contributed by atoms with Crippen molar-refractivity contribution in [1.29, 1.82) is 0 Å². The van der Waals surface area contributed by atoms with Crippen LogP contribution in [-0.2, 0) is 4.74 Å². The Morgan fingerprint density at radius 2 is 2.15 bits per heavy atom. The van der Waals surface area contributed by atoms with Crippen molar-refractivity contribution in [2.45, 2.75) is 0 Å². The molecule has 0 saturated carbocycles. The minimum Gasteiger partial charge on any atom is -0.465 e. The van der Waals surface area contributed by atoms with E-state index in [9.17, 15) is 9.18 Å². The van der Waals surface area contributed by atoms with Crippen LogP contribution in [0.5, 0.6) is 0 Å². The molecule has 2 heterocycles. The zero-order valence-corrected chi connectivity index (χ0v) is 10.6. The second kappa shape index (κ2) is 4.73. The summed E-state index contributed by atoms with van der Waals surface area (Å²) in [5.41, 5.74) is 1.59. The Labute approximate surface area is 113 Å². The molecule has 0 radical (unpaired) electrons. The first-order chi connectivity index (χ1) is 9.70. The number of carbonyl (C=O) groups excluding carboxylic acids is 1. The van der Waals surface area contributed by atoms with Gasteiger partial charge in [0.2, 0.25) is 0 Å². The van der Waals surface area contributed by atoms with E-state index in [1.807, 2.05) is 0 Å². The van der Waals surface area contributed by atoms with Gasteiger partial charge in [-0.05, 0) is 12.1 Å². The van der Waals surface area contributed by atoms with Crippen LogP contribution in [0.25, 0.3) is 16.6 Å². The number of hydrogen-bond acceptors (Lipinski definition) is 4. The largest absolute Gasteiger partial charge is 0.465 e. The number of fused-ring (bicyclic) bond motifs is 1. The van der Waals surface area contributed by atoms with Gasteiger partial charge in [0.15, 0.2) is 0 Å². The molecule has 6 heteroatoms. The smallest absolute Gasteiger partial charge is 0.338 e. The van der Waals surface area contributed by atoms with Crippen LogP contribution in [-0.4, -0.2) is 27.8 Å². The van der Waals surface area contributed by atoms with Crippen molar-refractivity contribution in [1.82, 2.24) is 14.8 Å². The van der Waals surface area contributed by atoms with Crippen molar-refractivity contribution in [3.63, 3.8) is 0 Å². The number of benzene rings is 1. The lowest BCUT2D eigenvalue weighted by atomic mass is 10.1. The lowest BCUT2D eigenvalue weighted by Gasteiger charge is -2.04. The summed E-state index contributed by atoms with van der Waals surface area (Å²) < 4.78 is 19.5. The first-order valence-corrected chi connectivity index (χ1v) is 5.86. The summed E-state index contributed by atoms with van der Waals surface area (Å²) in [5, 5.41) is 4.83. The zero-order valence-electron chi connectivity index (χ0n) is 10.6. The fourth-order valence-electron chi connectivity index (χ4n) is 2.06. The Morgan fingerprint density at radius 3 is 2.90 bits per heavy atom. The van der Waals surface area contributed by atoms with E-state index in [0.717, 1.165) is 6.20 Å². The highest BCUT2D eigenvalue weighted by Gasteiger charge is 2.14. The Kier molecular flexibility index (Phi) is 2.90. The third kappa shape index (κ3) is 1.91. The van der Waals surface area contributed by atoms with Crippen LogP contribution in [0.4, 0.5) is 4.39 Å². The summed E-state index contributed by atoms with van der Waals surface area (Å²) in [5.74, 6) is -0.886. The van der Waals surface area contributed by atoms with Gasteiger partial charge in [0.25, 0.3) is 0 Å². The molecule has 0 saturated heterocycles. The number of aromatic nitrogens is 3. The number of esters is 1. The number of ether oxygens (including phenoxy) is 1. The van der Waals surface area contributed by atoms with Crippen LogP contribution in [0.1, 0.15) is 10.4 Å². The average molecular weight is 271 g/mol. The van der Waals surface area contributed by atoms with Gasteiger partial charge >= 0.3 is 5.97 Å². The molecule has 0 fully saturated rings. The van der Waals surface area contributed by atoms with Gasteiger partial charge in [0, 0.05) is 11.5 Å². The number of hydrogen-bond donors (Lipinski definition) is 0. The number of carbonyl (C=O) groups is 1. The van der Waals surface area contributed by atoms with E-state index >= 15 is 0 Å². The topological polar surface area (TPSA) is 57.0 Å². The highest BCUT2D eigenvalue weighted by atomic mass is 19.1. The van der Waals surface area contributed by atoms with Crippen LogP contribution in [0.3, 0.4) is 0 Å². The quantitative estimate of drug-likeness (QED) is 0.671. The van der Waals surface area contributed by atoms with Gasteiger partial charge < -0.3 is 4.74 Å².